The number of piperidine rings is 1. The number of nitrogens with zero attached hydrogens (tertiary/aromatic N) is 1. The first-order valence-electron chi connectivity index (χ1n) is 7.86. The molecular formula is C17H22FNO3. The predicted octanol–water partition coefficient (Wildman–Crippen LogP) is 2.95. The van der Waals surface area contributed by atoms with Crippen LogP contribution in [0.3, 0.4) is 0 Å². The molecular weight excluding hydrogens is 285 g/mol. The minimum Gasteiger partial charge on any atom is -0.505 e. The van der Waals surface area contributed by atoms with Gasteiger partial charge in [0.2, 0.25) is 0 Å². The molecule has 120 valence electrons. The topological polar surface area (TPSA) is 49.8 Å². The molecule has 0 unspecified atom stereocenters. The number of halogens is 1. The SMILES string of the molecule is CO[C@@H]1CCC[C@@]12CCCN(C(=O)c1ccc(O)c(F)c1)C2. The number of likely N-dealkylation sites (tertiary alicyclic amines) is 1. The average molecular weight is 307 g/mol. The summed E-state index contributed by atoms with van der Waals surface area (Å²) in [6, 6.07) is 3.82. The second-order valence-corrected chi connectivity index (χ2v) is 6.48. The fraction of sp³-hybridized carbons (Fsp3) is 0.588. The number of phenolic OH excluding ortho intramolecular Hbond substituents is 1. The van der Waals surface area contributed by atoms with E-state index in [-0.39, 0.29) is 17.4 Å². The van der Waals surface area contributed by atoms with Crippen molar-refractivity contribution >= 4 is 5.91 Å². The Kier molecular flexibility index (Phi) is 4.08. The summed E-state index contributed by atoms with van der Waals surface area (Å²) in [6.45, 7) is 1.37. The molecule has 1 aromatic carbocycles. The van der Waals surface area contributed by atoms with E-state index in [9.17, 15) is 14.3 Å². The van der Waals surface area contributed by atoms with Crippen LogP contribution in [0, 0.1) is 11.2 Å². The Morgan fingerprint density at radius 3 is 2.91 bits per heavy atom. The number of hydrogen-bond donors (Lipinski definition) is 1. The third-order valence-electron chi connectivity index (χ3n) is 5.20. The molecule has 0 radical (unpaired) electrons. The summed E-state index contributed by atoms with van der Waals surface area (Å²) in [5.41, 5.74) is 0.345. The van der Waals surface area contributed by atoms with Crippen molar-refractivity contribution < 1.29 is 19.0 Å². The molecule has 2 atom stereocenters. The second-order valence-electron chi connectivity index (χ2n) is 6.48. The van der Waals surface area contributed by atoms with Crippen molar-refractivity contribution in [3.05, 3.63) is 29.6 Å². The first-order valence-corrected chi connectivity index (χ1v) is 7.86. The van der Waals surface area contributed by atoms with Gasteiger partial charge < -0.3 is 14.7 Å². The number of hydrogen-bond acceptors (Lipinski definition) is 3. The fourth-order valence-corrected chi connectivity index (χ4v) is 4.10. The maximum atomic E-state index is 13.5. The lowest BCUT2D eigenvalue weighted by atomic mass is 9.76. The number of carbonyl (C=O) groups is 1. The van der Waals surface area contributed by atoms with Crippen LogP contribution < -0.4 is 0 Å². The third kappa shape index (κ3) is 2.58. The monoisotopic (exact) mass is 307 g/mol. The Labute approximate surface area is 129 Å². The molecule has 0 bridgehead atoms. The largest absolute Gasteiger partial charge is 0.505 e. The summed E-state index contributed by atoms with van der Waals surface area (Å²) >= 11 is 0. The van der Waals surface area contributed by atoms with E-state index in [2.05, 4.69) is 0 Å². The minimum absolute atomic E-state index is 0.0537. The van der Waals surface area contributed by atoms with Crippen LogP contribution in [0.2, 0.25) is 0 Å². The molecule has 22 heavy (non-hydrogen) atoms. The summed E-state index contributed by atoms with van der Waals surface area (Å²) in [5, 5.41) is 9.25. The predicted molar refractivity (Wildman–Crippen MR) is 80.3 cm³/mol. The summed E-state index contributed by atoms with van der Waals surface area (Å²) < 4.78 is 19.1. The van der Waals surface area contributed by atoms with Crippen LogP contribution in [0.1, 0.15) is 42.5 Å². The average Bonchev–Trinajstić information content (AvgIpc) is 2.91. The van der Waals surface area contributed by atoms with E-state index in [0.29, 0.717) is 18.7 Å². The second kappa shape index (κ2) is 5.88. The molecule has 1 aliphatic carbocycles. The van der Waals surface area contributed by atoms with Gasteiger partial charge in [0.15, 0.2) is 11.6 Å². The molecule has 5 heteroatoms. The molecule has 1 N–H and O–H groups in total. The van der Waals surface area contributed by atoms with Crippen molar-refractivity contribution in [3.63, 3.8) is 0 Å². The molecule has 3 rings (SSSR count). The highest BCUT2D eigenvalue weighted by Crippen LogP contribution is 2.46. The Morgan fingerprint density at radius 2 is 2.18 bits per heavy atom. The number of methoxy groups -OCH3 is 1. The van der Waals surface area contributed by atoms with Crippen molar-refractivity contribution in [2.24, 2.45) is 5.41 Å². The van der Waals surface area contributed by atoms with Crippen LogP contribution in [0.5, 0.6) is 5.75 Å². The number of phenols is 1. The Balaban J connectivity index is 1.79. The van der Waals surface area contributed by atoms with E-state index in [1.54, 1.807) is 7.11 Å². The molecule has 1 amide bonds. The highest BCUT2D eigenvalue weighted by molar-refractivity contribution is 5.94. The van der Waals surface area contributed by atoms with Crippen molar-refractivity contribution in [2.45, 2.75) is 38.2 Å². The molecule has 1 heterocycles. The van der Waals surface area contributed by atoms with E-state index in [1.807, 2.05) is 4.90 Å². The van der Waals surface area contributed by atoms with Crippen LogP contribution in [0.4, 0.5) is 4.39 Å². The molecule has 1 saturated heterocycles. The van der Waals surface area contributed by atoms with Gasteiger partial charge in [-0.3, -0.25) is 4.79 Å². The van der Waals surface area contributed by atoms with E-state index in [4.69, 9.17) is 4.74 Å². The van der Waals surface area contributed by atoms with Gasteiger partial charge in [0.25, 0.3) is 5.91 Å². The van der Waals surface area contributed by atoms with E-state index < -0.39 is 11.6 Å². The van der Waals surface area contributed by atoms with Crippen LogP contribution in [0.25, 0.3) is 0 Å². The normalized spacial score (nSPS) is 28.3. The van der Waals surface area contributed by atoms with E-state index in [1.165, 1.54) is 12.1 Å². The lowest BCUT2D eigenvalue weighted by molar-refractivity contribution is -0.0295. The van der Waals surface area contributed by atoms with Gasteiger partial charge >= 0.3 is 0 Å². The van der Waals surface area contributed by atoms with Crippen molar-refractivity contribution in [1.29, 1.82) is 0 Å². The van der Waals surface area contributed by atoms with Gasteiger partial charge in [-0.2, -0.15) is 0 Å². The molecule has 1 saturated carbocycles. The number of benzene rings is 1. The quantitative estimate of drug-likeness (QED) is 0.914. The molecule has 2 aliphatic rings. The van der Waals surface area contributed by atoms with Gasteiger partial charge in [-0.15, -0.1) is 0 Å². The first-order chi connectivity index (χ1) is 10.6. The Hall–Kier alpha value is -1.62. The lowest BCUT2D eigenvalue weighted by Crippen LogP contribution is -2.49. The van der Waals surface area contributed by atoms with Crippen molar-refractivity contribution in [1.82, 2.24) is 4.90 Å². The van der Waals surface area contributed by atoms with Crippen molar-refractivity contribution in [3.8, 4) is 5.75 Å². The van der Waals surface area contributed by atoms with Crippen LogP contribution in [-0.4, -0.2) is 42.2 Å². The molecule has 2 fully saturated rings. The molecule has 1 spiro atoms. The van der Waals surface area contributed by atoms with E-state index >= 15 is 0 Å². The van der Waals surface area contributed by atoms with Gasteiger partial charge in [-0.05, 0) is 43.9 Å². The number of carbonyl (C=O) groups excluding carboxylic acids is 1. The first kappa shape index (κ1) is 15.3. The summed E-state index contributed by atoms with van der Waals surface area (Å²) in [4.78, 5) is 14.4. The zero-order valence-corrected chi connectivity index (χ0v) is 12.8. The molecule has 1 aliphatic heterocycles. The van der Waals surface area contributed by atoms with Crippen LogP contribution >= 0.6 is 0 Å². The molecule has 1 aromatic rings. The molecule has 4 nitrogen and oxygen atoms in total. The summed E-state index contributed by atoms with van der Waals surface area (Å²) in [7, 11) is 1.74. The van der Waals surface area contributed by atoms with Gasteiger partial charge in [0, 0.05) is 31.2 Å². The van der Waals surface area contributed by atoms with Crippen LogP contribution in [-0.2, 0) is 4.74 Å². The standard InChI is InChI=1S/C17H22FNO3/c1-22-15-4-2-7-17(15)8-3-9-19(11-17)16(21)12-5-6-14(20)13(18)10-12/h5-6,10,15,20H,2-4,7-9,11H2,1H3/t15-,17+/m1/s1. The Morgan fingerprint density at radius 1 is 1.41 bits per heavy atom. The maximum absolute atomic E-state index is 13.5. The summed E-state index contributed by atoms with van der Waals surface area (Å²) in [6.07, 6.45) is 5.50. The highest BCUT2D eigenvalue weighted by Gasteiger charge is 2.46. The number of rotatable bonds is 2. The third-order valence-corrected chi connectivity index (χ3v) is 5.20. The van der Waals surface area contributed by atoms with Gasteiger partial charge in [0.1, 0.15) is 0 Å². The van der Waals surface area contributed by atoms with E-state index in [0.717, 1.165) is 38.2 Å². The van der Waals surface area contributed by atoms with Gasteiger partial charge in [-0.1, -0.05) is 6.42 Å². The van der Waals surface area contributed by atoms with Crippen LogP contribution in [0.15, 0.2) is 18.2 Å². The summed E-state index contributed by atoms with van der Waals surface area (Å²) in [5.74, 6) is -1.35. The van der Waals surface area contributed by atoms with Gasteiger partial charge in [-0.25, -0.2) is 4.39 Å². The highest BCUT2D eigenvalue weighted by atomic mass is 19.1. The number of amides is 1. The number of aromatic hydroxyl groups is 1. The number of ether oxygens (including phenoxy) is 1. The zero-order chi connectivity index (χ0) is 15.7. The fourth-order valence-electron chi connectivity index (χ4n) is 4.10. The molecule has 0 aromatic heterocycles. The minimum atomic E-state index is -0.756. The lowest BCUT2D eigenvalue weighted by Gasteiger charge is -2.43. The van der Waals surface area contributed by atoms with Gasteiger partial charge in [0.05, 0.1) is 6.10 Å². The smallest absolute Gasteiger partial charge is 0.253 e. The maximum Gasteiger partial charge on any atom is 0.253 e. The Bertz CT molecular complexity index is 577. The zero-order valence-electron chi connectivity index (χ0n) is 12.8. The van der Waals surface area contributed by atoms with Crippen molar-refractivity contribution in [2.75, 3.05) is 20.2 Å².